The Balaban J connectivity index is 1.60. The van der Waals surface area contributed by atoms with Crippen molar-refractivity contribution in [2.24, 2.45) is 5.41 Å². The van der Waals surface area contributed by atoms with E-state index in [9.17, 15) is 0 Å². The predicted molar refractivity (Wildman–Crippen MR) is 92.3 cm³/mol. The summed E-state index contributed by atoms with van der Waals surface area (Å²) in [5.74, 6) is 0. The fourth-order valence-corrected chi connectivity index (χ4v) is 4.77. The molecule has 130 valence electrons. The number of hydrogen-bond acceptors (Lipinski definition) is 7. The molecule has 0 aliphatic carbocycles. The maximum absolute atomic E-state index is 5.45. The van der Waals surface area contributed by atoms with E-state index in [0.717, 1.165) is 43.0 Å². The number of piperidine rings is 1. The van der Waals surface area contributed by atoms with Crippen molar-refractivity contribution in [1.82, 2.24) is 15.1 Å². The largest absolute Gasteiger partial charge is 0.383 e. The zero-order chi connectivity index (χ0) is 16.3. The van der Waals surface area contributed by atoms with Gasteiger partial charge in [0.25, 0.3) is 0 Å². The molecule has 2 aliphatic rings. The molecule has 2 fully saturated rings. The van der Waals surface area contributed by atoms with Crippen molar-refractivity contribution in [2.75, 3.05) is 58.5 Å². The molecule has 3 rings (SSSR count). The van der Waals surface area contributed by atoms with Crippen molar-refractivity contribution in [3.8, 4) is 0 Å². The fraction of sp³-hybridized carbons (Fsp3) is 0.875. The first-order valence-electron chi connectivity index (χ1n) is 8.43. The van der Waals surface area contributed by atoms with Gasteiger partial charge in [0.05, 0.1) is 13.2 Å². The Kier molecular flexibility index (Phi) is 5.51. The Hall–Kier alpha value is -0.760. The quantitative estimate of drug-likeness (QED) is 0.787. The number of likely N-dealkylation sites (tertiary alicyclic amines) is 1. The first-order valence-corrected chi connectivity index (χ1v) is 9.24. The highest BCUT2D eigenvalue weighted by molar-refractivity contribution is 7.15. The minimum Gasteiger partial charge on any atom is -0.383 e. The molecule has 23 heavy (non-hydrogen) atoms. The van der Waals surface area contributed by atoms with Crippen molar-refractivity contribution in [3.63, 3.8) is 0 Å². The average molecular weight is 340 g/mol. The highest BCUT2D eigenvalue weighted by Crippen LogP contribution is 2.44. The molecule has 0 bridgehead atoms. The van der Waals surface area contributed by atoms with E-state index >= 15 is 0 Å². The second kappa shape index (κ2) is 7.42. The van der Waals surface area contributed by atoms with Crippen LogP contribution in [0.25, 0.3) is 0 Å². The van der Waals surface area contributed by atoms with Gasteiger partial charge in [0.2, 0.25) is 5.13 Å². The number of ether oxygens (including phenoxy) is 2. The SMILES string of the molecule is COCCN1CC2(CCN(c3nnc(C)s3)CC2)C[C@H]1COC. The van der Waals surface area contributed by atoms with E-state index in [4.69, 9.17) is 9.47 Å². The van der Waals surface area contributed by atoms with Crippen LogP contribution in [0, 0.1) is 12.3 Å². The van der Waals surface area contributed by atoms with E-state index in [1.807, 2.05) is 6.92 Å². The molecular formula is C16H28N4O2S. The second-order valence-electron chi connectivity index (χ2n) is 6.87. The molecule has 1 atom stereocenters. The van der Waals surface area contributed by atoms with Gasteiger partial charge in [-0.1, -0.05) is 11.3 Å². The highest BCUT2D eigenvalue weighted by atomic mass is 32.1. The Morgan fingerprint density at radius 3 is 2.61 bits per heavy atom. The minimum atomic E-state index is 0.438. The minimum absolute atomic E-state index is 0.438. The van der Waals surface area contributed by atoms with Gasteiger partial charge >= 0.3 is 0 Å². The Bertz CT molecular complexity index is 502. The average Bonchev–Trinajstić information content (AvgIpc) is 3.11. The number of hydrogen-bond donors (Lipinski definition) is 0. The third-order valence-corrected chi connectivity index (χ3v) is 6.17. The summed E-state index contributed by atoms with van der Waals surface area (Å²) in [6, 6.07) is 0.533. The van der Waals surface area contributed by atoms with E-state index in [1.165, 1.54) is 25.8 Å². The molecule has 2 aliphatic heterocycles. The van der Waals surface area contributed by atoms with E-state index in [0.29, 0.717) is 11.5 Å². The van der Waals surface area contributed by atoms with Crippen LogP contribution < -0.4 is 4.90 Å². The molecule has 7 heteroatoms. The molecule has 1 aromatic heterocycles. The summed E-state index contributed by atoms with van der Waals surface area (Å²) in [6.07, 6.45) is 3.71. The van der Waals surface area contributed by atoms with Crippen molar-refractivity contribution in [2.45, 2.75) is 32.2 Å². The van der Waals surface area contributed by atoms with Gasteiger partial charge in [-0.15, -0.1) is 10.2 Å². The van der Waals surface area contributed by atoms with E-state index in [1.54, 1.807) is 25.6 Å². The van der Waals surface area contributed by atoms with Gasteiger partial charge in [0, 0.05) is 46.4 Å². The van der Waals surface area contributed by atoms with Gasteiger partial charge in [-0.3, -0.25) is 4.90 Å². The van der Waals surface area contributed by atoms with Crippen LogP contribution in [0.15, 0.2) is 0 Å². The standard InChI is InChI=1S/C16H28N4O2S/c1-13-17-18-15(23-13)19-6-4-16(5-7-19)10-14(11-22-3)20(12-16)8-9-21-2/h14H,4-12H2,1-3H3/t14-/m0/s1. The lowest BCUT2D eigenvalue weighted by atomic mass is 9.77. The van der Waals surface area contributed by atoms with E-state index in [-0.39, 0.29) is 0 Å². The molecule has 3 heterocycles. The van der Waals surface area contributed by atoms with Crippen LogP contribution in [-0.4, -0.2) is 74.8 Å². The molecule has 0 aromatic carbocycles. The highest BCUT2D eigenvalue weighted by Gasteiger charge is 2.45. The fourth-order valence-electron chi connectivity index (χ4n) is 4.03. The van der Waals surface area contributed by atoms with Crippen molar-refractivity contribution in [3.05, 3.63) is 5.01 Å². The Morgan fingerprint density at radius 2 is 2.00 bits per heavy atom. The third-order valence-electron chi connectivity index (χ3n) is 5.28. The van der Waals surface area contributed by atoms with Gasteiger partial charge in [-0.05, 0) is 31.6 Å². The van der Waals surface area contributed by atoms with E-state index < -0.39 is 0 Å². The summed E-state index contributed by atoms with van der Waals surface area (Å²) in [4.78, 5) is 4.97. The Labute approximate surface area is 142 Å². The van der Waals surface area contributed by atoms with Crippen LogP contribution in [0.4, 0.5) is 5.13 Å². The van der Waals surface area contributed by atoms with Crippen LogP contribution in [0.1, 0.15) is 24.3 Å². The smallest absolute Gasteiger partial charge is 0.208 e. The zero-order valence-corrected chi connectivity index (χ0v) is 15.3. The maximum Gasteiger partial charge on any atom is 0.208 e. The molecule has 0 radical (unpaired) electrons. The Morgan fingerprint density at radius 1 is 1.22 bits per heavy atom. The first kappa shape index (κ1) is 17.1. The first-order chi connectivity index (χ1) is 11.2. The van der Waals surface area contributed by atoms with Gasteiger partial charge in [-0.2, -0.15) is 0 Å². The topological polar surface area (TPSA) is 50.7 Å². The van der Waals surface area contributed by atoms with Gasteiger partial charge in [0.1, 0.15) is 5.01 Å². The lowest BCUT2D eigenvalue weighted by molar-refractivity contribution is 0.0901. The predicted octanol–water partition coefficient (Wildman–Crippen LogP) is 1.80. The normalized spacial score (nSPS) is 24.7. The van der Waals surface area contributed by atoms with Crippen LogP contribution >= 0.6 is 11.3 Å². The lowest BCUT2D eigenvalue weighted by Gasteiger charge is -2.39. The van der Waals surface area contributed by atoms with Crippen LogP contribution in [0.5, 0.6) is 0 Å². The molecule has 1 aromatic rings. The van der Waals surface area contributed by atoms with Crippen molar-refractivity contribution < 1.29 is 9.47 Å². The molecule has 1 spiro atoms. The molecule has 2 saturated heterocycles. The van der Waals surface area contributed by atoms with Gasteiger partial charge in [-0.25, -0.2) is 0 Å². The summed E-state index contributed by atoms with van der Waals surface area (Å²) in [5.41, 5.74) is 0.438. The number of anilines is 1. The summed E-state index contributed by atoms with van der Waals surface area (Å²) in [7, 11) is 3.58. The monoisotopic (exact) mass is 340 g/mol. The van der Waals surface area contributed by atoms with Crippen molar-refractivity contribution in [1.29, 1.82) is 0 Å². The molecule has 0 amide bonds. The second-order valence-corrected chi connectivity index (χ2v) is 8.03. The van der Waals surface area contributed by atoms with Gasteiger partial charge < -0.3 is 14.4 Å². The number of methoxy groups -OCH3 is 2. The summed E-state index contributed by atoms with van der Waals surface area (Å²) >= 11 is 1.70. The van der Waals surface area contributed by atoms with Crippen molar-refractivity contribution >= 4 is 16.5 Å². The van der Waals surface area contributed by atoms with E-state index in [2.05, 4.69) is 20.0 Å². The lowest BCUT2D eigenvalue weighted by Crippen LogP contribution is -2.42. The molecule has 6 nitrogen and oxygen atoms in total. The summed E-state index contributed by atoms with van der Waals surface area (Å²) < 4.78 is 10.7. The van der Waals surface area contributed by atoms with Crippen LogP contribution in [0.3, 0.4) is 0 Å². The number of aryl methyl sites for hydroxylation is 1. The number of rotatable bonds is 6. The zero-order valence-electron chi connectivity index (χ0n) is 14.5. The molecule has 0 N–H and O–H groups in total. The van der Waals surface area contributed by atoms with Crippen LogP contribution in [-0.2, 0) is 9.47 Å². The van der Waals surface area contributed by atoms with Gasteiger partial charge in [0.15, 0.2) is 0 Å². The molecule has 0 saturated carbocycles. The third kappa shape index (κ3) is 3.84. The summed E-state index contributed by atoms with van der Waals surface area (Å²) in [5, 5.41) is 10.6. The summed E-state index contributed by atoms with van der Waals surface area (Å²) in [6.45, 7) is 8.00. The number of aromatic nitrogens is 2. The van der Waals surface area contributed by atoms with Crippen LogP contribution in [0.2, 0.25) is 0 Å². The number of nitrogens with zero attached hydrogens (tertiary/aromatic N) is 4. The maximum atomic E-state index is 5.45. The molecule has 0 unspecified atom stereocenters. The molecular weight excluding hydrogens is 312 g/mol.